The van der Waals surface area contributed by atoms with Crippen LogP contribution in [-0.4, -0.2) is 39.5 Å². The van der Waals surface area contributed by atoms with Gasteiger partial charge in [0, 0.05) is 49.5 Å². The smallest absolute Gasteiger partial charge is 0.193 e. The van der Waals surface area contributed by atoms with Crippen LogP contribution in [-0.2, 0) is 6.54 Å². The van der Waals surface area contributed by atoms with Crippen LogP contribution in [0.1, 0.15) is 38.8 Å². The van der Waals surface area contributed by atoms with Gasteiger partial charge in [0.05, 0.1) is 5.69 Å². The van der Waals surface area contributed by atoms with Crippen LogP contribution < -0.4 is 5.32 Å². The van der Waals surface area contributed by atoms with E-state index in [1.54, 1.807) is 11.3 Å². The molecule has 0 aromatic carbocycles. The van der Waals surface area contributed by atoms with Crippen molar-refractivity contribution in [2.45, 2.75) is 51.7 Å². The number of nitrogens with one attached hydrogen (secondary N) is 1. The van der Waals surface area contributed by atoms with Gasteiger partial charge < -0.3 is 5.32 Å². The Hall–Kier alpha value is -0.910. The van der Waals surface area contributed by atoms with Crippen LogP contribution in [0.2, 0.25) is 0 Å². The van der Waals surface area contributed by atoms with Crippen molar-refractivity contribution in [1.82, 2.24) is 19.6 Å². The Balaban J connectivity index is 1.70. The fourth-order valence-corrected chi connectivity index (χ4v) is 3.85. The van der Waals surface area contributed by atoms with Gasteiger partial charge in [-0.2, -0.15) is 0 Å². The molecule has 5 heteroatoms. The third kappa shape index (κ3) is 2.90. The van der Waals surface area contributed by atoms with E-state index in [2.05, 4.69) is 46.2 Å². The normalized spacial score (nSPS) is 24.5. The van der Waals surface area contributed by atoms with Crippen molar-refractivity contribution in [3.8, 4) is 0 Å². The Kier molecular flexibility index (Phi) is 4.38. The van der Waals surface area contributed by atoms with Crippen LogP contribution in [0.15, 0.2) is 17.8 Å². The summed E-state index contributed by atoms with van der Waals surface area (Å²) in [5, 5.41) is 5.78. The van der Waals surface area contributed by atoms with Crippen molar-refractivity contribution in [3.05, 3.63) is 23.5 Å². The van der Waals surface area contributed by atoms with Crippen molar-refractivity contribution in [2.75, 3.05) is 13.1 Å². The molecule has 1 aliphatic rings. The minimum atomic E-state index is 0.642. The summed E-state index contributed by atoms with van der Waals surface area (Å²) >= 11 is 1.71. The summed E-state index contributed by atoms with van der Waals surface area (Å²) in [7, 11) is 0. The maximum absolute atomic E-state index is 4.73. The number of fused-ring (bicyclic) bond motifs is 1. The zero-order chi connectivity index (χ0) is 13.9. The first-order valence-electron chi connectivity index (χ1n) is 7.68. The van der Waals surface area contributed by atoms with E-state index in [-0.39, 0.29) is 0 Å². The molecule has 0 spiro atoms. The highest BCUT2D eigenvalue weighted by Crippen LogP contribution is 2.18. The second kappa shape index (κ2) is 6.24. The number of hydrogen-bond donors (Lipinski definition) is 1. The Morgan fingerprint density at radius 1 is 1.45 bits per heavy atom. The molecule has 2 aromatic heterocycles. The monoisotopic (exact) mass is 292 g/mol. The molecule has 1 N–H and O–H groups in total. The van der Waals surface area contributed by atoms with E-state index in [0.29, 0.717) is 12.1 Å². The van der Waals surface area contributed by atoms with Gasteiger partial charge in [0.15, 0.2) is 4.96 Å². The summed E-state index contributed by atoms with van der Waals surface area (Å²) in [5.41, 5.74) is 1.20. The van der Waals surface area contributed by atoms with Crippen molar-refractivity contribution in [3.63, 3.8) is 0 Å². The first-order chi connectivity index (χ1) is 9.80. The van der Waals surface area contributed by atoms with E-state index in [1.165, 1.54) is 25.0 Å². The number of piperazine rings is 1. The molecule has 0 aliphatic carbocycles. The topological polar surface area (TPSA) is 32.6 Å². The minimum Gasteiger partial charge on any atom is -0.311 e. The average Bonchev–Trinajstić information content (AvgIpc) is 3.00. The van der Waals surface area contributed by atoms with Gasteiger partial charge >= 0.3 is 0 Å². The summed E-state index contributed by atoms with van der Waals surface area (Å²) in [6, 6.07) is 1.29. The second-order valence-corrected chi connectivity index (χ2v) is 6.58. The fourth-order valence-electron chi connectivity index (χ4n) is 3.13. The zero-order valence-corrected chi connectivity index (χ0v) is 13.2. The number of nitrogens with zero attached hydrogens (tertiary/aromatic N) is 3. The van der Waals surface area contributed by atoms with E-state index >= 15 is 0 Å². The lowest BCUT2D eigenvalue weighted by molar-refractivity contribution is 0.114. The van der Waals surface area contributed by atoms with Crippen LogP contribution in [0.3, 0.4) is 0 Å². The van der Waals surface area contributed by atoms with E-state index in [1.807, 2.05) is 0 Å². The molecule has 0 bridgehead atoms. The van der Waals surface area contributed by atoms with Crippen LogP contribution in [0, 0.1) is 0 Å². The molecule has 4 nitrogen and oxygen atoms in total. The Morgan fingerprint density at radius 3 is 3.10 bits per heavy atom. The van der Waals surface area contributed by atoms with Crippen molar-refractivity contribution < 1.29 is 0 Å². The van der Waals surface area contributed by atoms with Crippen molar-refractivity contribution in [2.24, 2.45) is 0 Å². The molecule has 110 valence electrons. The summed E-state index contributed by atoms with van der Waals surface area (Å²) in [6.45, 7) is 7.79. The standard InChI is InChI=1S/C15H24N4S/c1-3-5-12-9-19(14(4-2)8-16-12)11-13-10-18-6-7-20-15(18)17-13/h6-7,10,12,14,16H,3-5,8-9,11H2,1-2H3. The second-order valence-electron chi connectivity index (χ2n) is 5.71. The highest BCUT2D eigenvalue weighted by atomic mass is 32.1. The van der Waals surface area contributed by atoms with E-state index in [4.69, 9.17) is 4.98 Å². The molecule has 2 unspecified atom stereocenters. The number of rotatable bonds is 5. The molecular weight excluding hydrogens is 268 g/mol. The molecule has 0 saturated carbocycles. The Bertz CT molecular complexity index is 518. The Morgan fingerprint density at radius 2 is 2.35 bits per heavy atom. The first kappa shape index (κ1) is 14.0. The maximum atomic E-state index is 4.73. The molecule has 0 amide bonds. The van der Waals surface area contributed by atoms with E-state index in [9.17, 15) is 0 Å². The molecule has 0 radical (unpaired) electrons. The predicted octanol–water partition coefficient (Wildman–Crippen LogP) is 2.75. The molecule has 1 aliphatic heterocycles. The number of aromatic nitrogens is 2. The van der Waals surface area contributed by atoms with Gasteiger partial charge in [0.25, 0.3) is 0 Å². The lowest BCUT2D eigenvalue weighted by Crippen LogP contribution is -2.55. The SMILES string of the molecule is CCCC1CN(Cc2cn3ccsc3n2)C(CC)CN1. The number of imidazole rings is 1. The van der Waals surface area contributed by atoms with Crippen LogP contribution in [0.5, 0.6) is 0 Å². The molecule has 3 heterocycles. The average molecular weight is 292 g/mol. The van der Waals surface area contributed by atoms with Gasteiger partial charge in [-0.15, -0.1) is 11.3 Å². The van der Waals surface area contributed by atoms with Gasteiger partial charge in [-0.25, -0.2) is 4.98 Å². The van der Waals surface area contributed by atoms with Gasteiger partial charge in [0.2, 0.25) is 0 Å². The molecule has 3 rings (SSSR count). The Labute approximate surface area is 124 Å². The van der Waals surface area contributed by atoms with E-state index < -0.39 is 0 Å². The largest absolute Gasteiger partial charge is 0.311 e. The molecule has 2 aromatic rings. The first-order valence-corrected chi connectivity index (χ1v) is 8.56. The molecule has 1 saturated heterocycles. The minimum absolute atomic E-state index is 0.642. The highest BCUT2D eigenvalue weighted by Gasteiger charge is 2.26. The molecular formula is C15H24N4S. The van der Waals surface area contributed by atoms with Crippen LogP contribution >= 0.6 is 11.3 Å². The third-order valence-corrected chi connectivity index (χ3v) is 5.00. The van der Waals surface area contributed by atoms with Gasteiger partial charge in [-0.3, -0.25) is 9.30 Å². The summed E-state index contributed by atoms with van der Waals surface area (Å²) in [4.78, 5) is 8.45. The number of hydrogen-bond acceptors (Lipinski definition) is 4. The predicted molar refractivity (Wildman–Crippen MR) is 84.3 cm³/mol. The van der Waals surface area contributed by atoms with Crippen molar-refractivity contribution in [1.29, 1.82) is 0 Å². The van der Waals surface area contributed by atoms with E-state index in [0.717, 1.165) is 24.6 Å². The summed E-state index contributed by atoms with van der Waals surface area (Å²) in [5.74, 6) is 0. The maximum Gasteiger partial charge on any atom is 0.193 e. The lowest BCUT2D eigenvalue weighted by atomic mass is 10.0. The van der Waals surface area contributed by atoms with Gasteiger partial charge in [0.1, 0.15) is 0 Å². The molecule has 1 fully saturated rings. The zero-order valence-electron chi connectivity index (χ0n) is 12.4. The van der Waals surface area contributed by atoms with Gasteiger partial charge in [-0.05, 0) is 12.8 Å². The van der Waals surface area contributed by atoms with Crippen LogP contribution in [0.25, 0.3) is 4.96 Å². The fraction of sp³-hybridized carbons (Fsp3) is 0.667. The quantitative estimate of drug-likeness (QED) is 0.920. The molecule has 2 atom stereocenters. The van der Waals surface area contributed by atoms with Crippen molar-refractivity contribution >= 4 is 16.3 Å². The molecule has 20 heavy (non-hydrogen) atoms. The highest BCUT2D eigenvalue weighted by molar-refractivity contribution is 7.15. The van der Waals surface area contributed by atoms with Crippen LogP contribution in [0.4, 0.5) is 0 Å². The summed E-state index contributed by atoms with van der Waals surface area (Å²) < 4.78 is 2.13. The van der Waals surface area contributed by atoms with Gasteiger partial charge in [-0.1, -0.05) is 20.3 Å². The third-order valence-electron chi connectivity index (χ3n) is 4.23. The lowest BCUT2D eigenvalue weighted by Gasteiger charge is -2.39. The number of thiazole rings is 1. The summed E-state index contributed by atoms with van der Waals surface area (Å²) in [6.07, 6.45) is 7.99.